The molecule has 0 aliphatic carbocycles. The Bertz CT molecular complexity index is 429. The summed E-state index contributed by atoms with van der Waals surface area (Å²) in [7, 11) is 0. The highest BCUT2D eigenvalue weighted by molar-refractivity contribution is 7.12. The molecule has 19 heavy (non-hydrogen) atoms. The van der Waals surface area contributed by atoms with Crippen LogP contribution in [0.4, 0.5) is 5.69 Å². The number of piperazine rings is 1. The van der Waals surface area contributed by atoms with Crippen molar-refractivity contribution in [3.05, 3.63) is 16.3 Å². The van der Waals surface area contributed by atoms with E-state index in [1.807, 2.05) is 0 Å². The van der Waals surface area contributed by atoms with Gasteiger partial charge in [-0.25, -0.2) is 4.99 Å². The van der Waals surface area contributed by atoms with Crippen molar-refractivity contribution >= 4 is 47.7 Å². The normalized spacial score (nSPS) is 21.4. The molecule has 1 aromatic rings. The molecule has 0 spiro atoms. The van der Waals surface area contributed by atoms with Crippen molar-refractivity contribution in [1.29, 1.82) is 0 Å². The molecule has 2 N–H and O–H groups in total. The van der Waals surface area contributed by atoms with Crippen molar-refractivity contribution in [3.63, 3.8) is 0 Å². The molecule has 0 radical (unpaired) electrons. The summed E-state index contributed by atoms with van der Waals surface area (Å²) >= 11 is 1.78. The van der Waals surface area contributed by atoms with Crippen LogP contribution in [0.3, 0.4) is 0 Å². The molecular formula is C12H20Cl2N4S. The Labute approximate surface area is 130 Å². The third-order valence-electron chi connectivity index (χ3n) is 3.27. The number of nitrogens with zero attached hydrogens (tertiary/aromatic N) is 2. The van der Waals surface area contributed by atoms with Gasteiger partial charge in [-0.2, -0.15) is 0 Å². The number of aliphatic imine (C=N–C) groups is 1. The summed E-state index contributed by atoms with van der Waals surface area (Å²) in [5.41, 5.74) is 1.25. The minimum absolute atomic E-state index is 0. The fraction of sp³-hybridized carbons (Fsp3) is 0.583. The molecule has 1 atom stereocenters. The van der Waals surface area contributed by atoms with Crippen LogP contribution in [0.2, 0.25) is 0 Å². The Morgan fingerprint density at radius 1 is 1.37 bits per heavy atom. The Morgan fingerprint density at radius 3 is 2.79 bits per heavy atom. The summed E-state index contributed by atoms with van der Waals surface area (Å²) in [5, 5.41) is 9.01. The van der Waals surface area contributed by atoms with Crippen LogP contribution in [-0.2, 0) is 0 Å². The zero-order valence-corrected chi connectivity index (χ0v) is 13.3. The second-order valence-electron chi connectivity index (χ2n) is 4.42. The summed E-state index contributed by atoms with van der Waals surface area (Å²) < 4.78 is 0. The van der Waals surface area contributed by atoms with Crippen molar-refractivity contribution in [2.24, 2.45) is 4.99 Å². The van der Waals surface area contributed by atoms with E-state index in [-0.39, 0.29) is 31.0 Å². The van der Waals surface area contributed by atoms with Gasteiger partial charge < -0.3 is 15.5 Å². The minimum Gasteiger partial charge on any atom is -0.362 e. The first-order valence-electron chi connectivity index (χ1n) is 6.26. The SMILES string of the molecule is CCC1N=C(N2CCNCC2)c2sccc2N1.Cl.Cl. The molecule has 108 valence electrons. The highest BCUT2D eigenvalue weighted by atomic mass is 35.5. The predicted molar refractivity (Wildman–Crippen MR) is 87.5 cm³/mol. The molecule has 3 rings (SSSR count). The zero-order chi connectivity index (χ0) is 11.7. The first-order valence-corrected chi connectivity index (χ1v) is 7.14. The number of nitrogens with one attached hydrogen (secondary N) is 2. The summed E-state index contributed by atoms with van der Waals surface area (Å²) in [6.45, 7) is 6.42. The Balaban J connectivity index is 0.000000902. The van der Waals surface area contributed by atoms with Gasteiger partial charge in [-0.05, 0) is 17.9 Å². The first-order chi connectivity index (χ1) is 8.38. The number of anilines is 1. The Kier molecular flexibility index (Phi) is 6.39. The van der Waals surface area contributed by atoms with E-state index in [0.29, 0.717) is 0 Å². The van der Waals surface area contributed by atoms with Gasteiger partial charge in [0.25, 0.3) is 0 Å². The maximum absolute atomic E-state index is 4.85. The van der Waals surface area contributed by atoms with E-state index in [1.54, 1.807) is 11.3 Å². The summed E-state index contributed by atoms with van der Waals surface area (Å²) in [6.07, 6.45) is 1.27. The number of rotatable bonds is 1. The predicted octanol–water partition coefficient (Wildman–Crippen LogP) is 2.41. The topological polar surface area (TPSA) is 39.7 Å². The number of hydrogen-bond donors (Lipinski definition) is 2. The van der Waals surface area contributed by atoms with Gasteiger partial charge in [-0.1, -0.05) is 6.92 Å². The third kappa shape index (κ3) is 3.34. The van der Waals surface area contributed by atoms with Crippen molar-refractivity contribution in [1.82, 2.24) is 10.2 Å². The van der Waals surface area contributed by atoms with E-state index >= 15 is 0 Å². The lowest BCUT2D eigenvalue weighted by atomic mass is 10.2. The monoisotopic (exact) mass is 322 g/mol. The molecule has 2 aliphatic rings. The van der Waals surface area contributed by atoms with E-state index in [4.69, 9.17) is 4.99 Å². The quantitative estimate of drug-likeness (QED) is 0.834. The van der Waals surface area contributed by atoms with Gasteiger partial charge in [-0.15, -0.1) is 36.2 Å². The standard InChI is InChI=1S/C12H18N4S.2ClH/c1-2-10-14-9-3-8-17-11(9)12(15-10)16-6-4-13-5-7-16;;/h3,8,10,13-14H,2,4-7H2,1H3;2*1H. The van der Waals surface area contributed by atoms with Crippen LogP contribution in [-0.4, -0.2) is 43.1 Å². The minimum atomic E-state index is 0. The lowest BCUT2D eigenvalue weighted by molar-refractivity contribution is 0.355. The van der Waals surface area contributed by atoms with Gasteiger partial charge in [0.15, 0.2) is 0 Å². The highest BCUT2D eigenvalue weighted by Gasteiger charge is 2.25. The van der Waals surface area contributed by atoms with Crippen molar-refractivity contribution in [2.75, 3.05) is 31.5 Å². The lowest BCUT2D eigenvalue weighted by Gasteiger charge is -2.33. The molecule has 1 fully saturated rings. The largest absolute Gasteiger partial charge is 0.362 e. The van der Waals surface area contributed by atoms with Gasteiger partial charge in [-0.3, -0.25) is 0 Å². The third-order valence-corrected chi connectivity index (χ3v) is 4.18. The van der Waals surface area contributed by atoms with Gasteiger partial charge in [0.2, 0.25) is 0 Å². The van der Waals surface area contributed by atoms with Gasteiger partial charge in [0.05, 0.1) is 10.6 Å². The van der Waals surface area contributed by atoms with Gasteiger partial charge in [0.1, 0.15) is 12.0 Å². The summed E-state index contributed by atoms with van der Waals surface area (Å²) in [4.78, 5) is 8.57. The van der Waals surface area contributed by atoms with Crippen LogP contribution in [0.25, 0.3) is 0 Å². The average Bonchev–Trinajstić information content (AvgIpc) is 2.86. The van der Waals surface area contributed by atoms with Crippen LogP contribution in [0.15, 0.2) is 16.4 Å². The molecule has 1 aromatic heterocycles. The maximum Gasteiger partial charge on any atom is 0.145 e. The first kappa shape index (κ1) is 16.6. The van der Waals surface area contributed by atoms with Crippen LogP contribution >= 0.6 is 36.2 Å². The van der Waals surface area contributed by atoms with Crippen molar-refractivity contribution in [2.45, 2.75) is 19.5 Å². The molecule has 0 aromatic carbocycles. The molecular weight excluding hydrogens is 303 g/mol. The molecule has 0 saturated carbocycles. The molecule has 4 nitrogen and oxygen atoms in total. The summed E-state index contributed by atoms with van der Waals surface area (Å²) in [5.74, 6) is 1.20. The van der Waals surface area contributed by atoms with Crippen LogP contribution in [0.5, 0.6) is 0 Å². The second-order valence-corrected chi connectivity index (χ2v) is 5.34. The second kappa shape index (κ2) is 7.33. The zero-order valence-electron chi connectivity index (χ0n) is 10.9. The van der Waals surface area contributed by atoms with E-state index in [0.717, 1.165) is 32.6 Å². The van der Waals surface area contributed by atoms with E-state index in [1.165, 1.54) is 16.4 Å². The number of fused-ring (bicyclic) bond motifs is 1. The Morgan fingerprint density at radius 2 is 2.11 bits per heavy atom. The molecule has 1 unspecified atom stereocenters. The maximum atomic E-state index is 4.85. The number of thiophene rings is 1. The van der Waals surface area contributed by atoms with E-state index in [9.17, 15) is 0 Å². The number of amidine groups is 1. The molecule has 1 saturated heterocycles. The van der Waals surface area contributed by atoms with Crippen molar-refractivity contribution < 1.29 is 0 Å². The molecule has 3 heterocycles. The highest BCUT2D eigenvalue weighted by Crippen LogP contribution is 2.29. The fourth-order valence-corrected chi connectivity index (χ4v) is 3.19. The van der Waals surface area contributed by atoms with Crippen LogP contribution in [0, 0.1) is 0 Å². The van der Waals surface area contributed by atoms with E-state index in [2.05, 4.69) is 33.9 Å². The van der Waals surface area contributed by atoms with Crippen LogP contribution in [0.1, 0.15) is 18.2 Å². The van der Waals surface area contributed by atoms with E-state index < -0.39 is 0 Å². The molecule has 2 aliphatic heterocycles. The number of halogens is 2. The molecule has 7 heteroatoms. The van der Waals surface area contributed by atoms with Crippen LogP contribution < -0.4 is 10.6 Å². The smallest absolute Gasteiger partial charge is 0.145 e. The molecule has 0 bridgehead atoms. The van der Waals surface area contributed by atoms with Gasteiger partial charge in [0, 0.05) is 26.2 Å². The fourth-order valence-electron chi connectivity index (χ4n) is 2.31. The summed E-state index contributed by atoms with van der Waals surface area (Å²) in [6, 6.07) is 2.17. The lowest BCUT2D eigenvalue weighted by Crippen LogP contribution is -2.48. The van der Waals surface area contributed by atoms with Crippen molar-refractivity contribution in [3.8, 4) is 0 Å². The molecule has 0 amide bonds. The number of hydrogen-bond acceptors (Lipinski definition) is 5. The Hall–Kier alpha value is -0.490. The van der Waals surface area contributed by atoms with Gasteiger partial charge >= 0.3 is 0 Å². The average molecular weight is 323 g/mol.